The number of hydrogen-bond donors (Lipinski definition) is 4. The SMILES string of the molecule is CC(C)N[C@@H]1CCn2c(=O)[nH]c3cccc(c32)[C@H]1O.NC(=O)OCc1ccccc1. The second-order valence-corrected chi connectivity index (χ2v) is 7.58. The van der Waals surface area contributed by atoms with Crippen LogP contribution in [0.5, 0.6) is 0 Å². The van der Waals surface area contributed by atoms with Crippen molar-refractivity contribution in [3.05, 3.63) is 70.1 Å². The number of H-pyrrole nitrogens is 1. The smallest absolute Gasteiger partial charge is 0.404 e. The lowest BCUT2D eigenvalue weighted by Gasteiger charge is -2.24. The van der Waals surface area contributed by atoms with Gasteiger partial charge in [-0.15, -0.1) is 0 Å². The molecule has 160 valence electrons. The predicted molar refractivity (Wildman–Crippen MR) is 115 cm³/mol. The summed E-state index contributed by atoms with van der Waals surface area (Å²) in [4.78, 5) is 25.0. The molecule has 2 atom stereocenters. The number of rotatable bonds is 4. The molecule has 0 spiro atoms. The summed E-state index contributed by atoms with van der Waals surface area (Å²) < 4.78 is 6.30. The zero-order chi connectivity index (χ0) is 21.7. The number of para-hydroxylation sites is 1. The summed E-state index contributed by atoms with van der Waals surface area (Å²) in [6.45, 7) is 4.99. The highest BCUT2D eigenvalue weighted by atomic mass is 16.5. The van der Waals surface area contributed by atoms with E-state index in [-0.39, 0.29) is 18.3 Å². The van der Waals surface area contributed by atoms with E-state index >= 15 is 0 Å². The number of primary amides is 1. The molecule has 0 radical (unpaired) electrons. The molecule has 2 heterocycles. The van der Waals surface area contributed by atoms with Gasteiger partial charge in [-0.25, -0.2) is 9.59 Å². The molecule has 8 nitrogen and oxygen atoms in total. The molecule has 1 aromatic heterocycles. The van der Waals surface area contributed by atoms with Gasteiger partial charge >= 0.3 is 11.8 Å². The Morgan fingerprint density at radius 2 is 2.00 bits per heavy atom. The van der Waals surface area contributed by atoms with Gasteiger partial charge in [-0.2, -0.15) is 0 Å². The Balaban J connectivity index is 0.000000199. The van der Waals surface area contributed by atoms with Crippen molar-refractivity contribution in [2.24, 2.45) is 5.73 Å². The van der Waals surface area contributed by atoms with Crippen LogP contribution in [0.4, 0.5) is 4.79 Å². The van der Waals surface area contributed by atoms with Crippen molar-refractivity contribution in [3.8, 4) is 0 Å². The first-order valence-electron chi connectivity index (χ1n) is 9.98. The Morgan fingerprint density at radius 1 is 1.27 bits per heavy atom. The molecule has 0 saturated carbocycles. The Labute approximate surface area is 174 Å². The molecule has 5 N–H and O–H groups in total. The largest absolute Gasteiger partial charge is 0.445 e. The molecule has 0 unspecified atom stereocenters. The Hall–Kier alpha value is -3.10. The van der Waals surface area contributed by atoms with Gasteiger partial charge < -0.3 is 25.9 Å². The average Bonchev–Trinajstić information content (AvgIpc) is 2.97. The predicted octanol–water partition coefficient (Wildman–Crippen LogP) is 2.42. The van der Waals surface area contributed by atoms with Gasteiger partial charge in [0.05, 0.1) is 17.1 Å². The van der Waals surface area contributed by atoms with Gasteiger partial charge in [0.15, 0.2) is 0 Å². The number of imidazole rings is 1. The van der Waals surface area contributed by atoms with Gasteiger partial charge in [-0.3, -0.25) is 4.57 Å². The van der Waals surface area contributed by atoms with E-state index in [1.807, 2.05) is 48.5 Å². The number of nitrogens with zero attached hydrogens (tertiary/aromatic N) is 1. The van der Waals surface area contributed by atoms with E-state index in [0.29, 0.717) is 12.6 Å². The molecule has 2 aromatic carbocycles. The minimum absolute atomic E-state index is 0.0232. The highest BCUT2D eigenvalue weighted by Crippen LogP contribution is 2.29. The minimum atomic E-state index is -0.742. The summed E-state index contributed by atoms with van der Waals surface area (Å²) in [5.41, 5.74) is 8.08. The Kier molecular flexibility index (Phi) is 6.91. The van der Waals surface area contributed by atoms with Crippen molar-refractivity contribution in [3.63, 3.8) is 0 Å². The molecule has 8 heteroatoms. The van der Waals surface area contributed by atoms with E-state index in [2.05, 4.69) is 28.9 Å². The number of nitrogens with one attached hydrogen (secondary N) is 2. The number of aliphatic hydroxyl groups excluding tert-OH is 1. The van der Waals surface area contributed by atoms with Gasteiger partial charge in [0, 0.05) is 24.2 Å². The monoisotopic (exact) mass is 412 g/mol. The quantitative estimate of drug-likeness (QED) is 0.524. The van der Waals surface area contributed by atoms with E-state index in [1.165, 1.54) is 0 Å². The maximum Gasteiger partial charge on any atom is 0.404 e. The second-order valence-electron chi connectivity index (χ2n) is 7.58. The van der Waals surface area contributed by atoms with Crippen LogP contribution in [0.2, 0.25) is 0 Å². The molecule has 0 aliphatic carbocycles. The third-order valence-electron chi connectivity index (χ3n) is 4.96. The van der Waals surface area contributed by atoms with Gasteiger partial charge in [0.1, 0.15) is 6.61 Å². The van der Waals surface area contributed by atoms with Crippen molar-refractivity contribution >= 4 is 17.1 Å². The number of aliphatic hydroxyl groups is 1. The fraction of sp³-hybridized carbons (Fsp3) is 0.364. The highest BCUT2D eigenvalue weighted by Gasteiger charge is 2.28. The molecule has 4 rings (SSSR count). The van der Waals surface area contributed by atoms with Gasteiger partial charge in [0.2, 0.25) is 0 Å². The van der Waals surface area contributed by atoms with Crippen molar-refractivity contribution in [2.45, 2.75) is 51.6 Å². The summed E-state index contributed by atoms with van der Waals surface area (Å²) in [5.74, 6) is 0. The lowest BCUT2D eigenvalue weighted by Crippen LogP contribution is -2.39. The Bertz CT molecular complexity index is 1040. The highest BCUT2D eigenvalue weighted by molar-refractivity contribution is 5.79. The number of aromatic amines is 1. The van der Waals surface area contributed by atoms with Gasteiger partial charge in [-0.05, 0) is 18.1 Å². The molecular formula is C22H28N4O4. The zero-order valence-corrected chi connectivity index (χ0v) is 17.2. The van der Waals surface area contributed by atoms with Crippen molar-refractivity contribution in [1.82, 2.24) is 14.9 Å². The number of nitrogens with two attached hydrogens (primary N) is 1. The molecule has 30 heavy (non-hydrogen) atoms. The number of benzene rings is 2. The Morgan fingerprint density at radius 3 is 2.67 bits per heavy atom. The number of amides is 1. The van der Waals surface area contributed by atoms with Crippen LogP contribution >= 0.6 is 0 Å². The number of ether oxygens (including phenoxy) is 1. The van der Waals surface area contributed by atoms with Gasteiger partial charge in [0.25, 0.3) is 0 Å². The number of carbonyl (C=O) groups is 1. The third-order valence-corrected chi connectivity index (χ3v) is 4.96. The first-order valence-corrected chi connectivity index (χ1v) is 9.98. The lowest BCUT2D eigenvalue weighted by atomic mass is 9.99. The van der Waals surface area contributed by atoms with E-state index in [1.54, 1.807) is 4.57 Å². The normalized spacial score (nSPS) is 17.9. The van der Waals surface area contributed by atoms with E-state index < -0.39 is 12.2 Å². The molecule has 0 bridgehead atoms. The maximum atomic E-state index is 11.9. The van der Waals surface area contributed by atoms with Crippen LogP contribution in [-0.2, 0) is 17.9 Å². The number of aromatic nitrogens is 2. The van der Waals surface area contributed by atoms with Crippen LogP contribution in [0.15, 0.2) is 53.3 Å². The fourth-order valence-corrected chi connectivity index (χ4v) is 3.67. The average molecular weight is 412 g/mol. The van der Waals surface area contributed by atoms with E-state index in [4.69, 9.17) is 5.73 Å². The topological polar surface area (TPSA) is 122 Å². The third kappa shape index (κ3) is 5.08. The van der Waals surface area contributed by atoms with Crippen molar-refractivity contribution in [1.29, 1.82) is 0 Å². The summed E-state index contributed by atoms with van der Waals surface area (Å²) in [5, 5.41) is 14.0. The molecule has 1 aliphatic heterocycles. The van der Waals surface area contributed by atoms with Crippen LogP contribution in [0.25, 0.3) is 11.0 Å². The van der Waals surface area contributed by atoms with Crippen LogP contribution in [0.1, 0.15) is 37.5 Å². The van der Waals surface area contributed by atoms with Crippen molar-refractivity contribution in [2.75, 3.05) is 0 Å². The zero-order valence-electron chi connectivity index (χ0n) is 17.2. The van der Waals surface area contributed by atoms with Crippen LogP contribution < -0.4 is 16.7 Å². The fourth-order valence-electron chi connectivity index (χ4n) is 3.67. The first-order chi connectivity index (χ1) is 14.4. The van der Waals surface area contributed by atoms with Gasteiger partial charge in [-0.1, -0.05) is 56.3 Å². The molecule has 1 amide bonds. The molecule has 0 saturated heterocycles. The number of hydrogen-bond acceptors (Lipinski definition) is 5. The van der Waals surface area contributed by atoms with Crippen LogP contribution in [0.3, 0.4) is 0 Å². The summed E-state index contributed by atoms with van der Waals surface area (Å²) >= 11 is 0. The van der Waals surface area contributed by atoms with Crippen LogP contribution in [-0.4, -0.2) is 32.8 Å². The van der Waals surface area contributed by atoms with E-state index in [0.717, 1.165) is 28.6 Å². The lowest BCUT2D eigenvalue weighted by molar-refractivity contribution is 0.121. The maximum absolute atomic E-state index is 11.9. The summed E-state index contributed by atoms with van der Waals surface area (Å²) in [6.07, 6.45) is -0.593. The number of aryl methyl sites for hydroxylation is 1. The second kappa shape index (κ2) is 9.60. The molecular weight excluding hydrogens is 384 g/mol. The van der Waals surface area contributed by atoms with E-state index in [9.17, 15) is 14.7 Å². The molecule has 1 aliphatic rings. The standard InChI is InChI=1S/C14H19N3O2.C8H9NO2/c1-8(2)15-11-6-7-17-12-9(13(11)18)4-3-5-10(12)16-14(17)19;9-8(10)11-6-7-4-2-1-3-5-7/h3-5,8,11,13,15,18H,6-7H2,1-2H3,(H,16,19);1-5H,6H2,(H2,9,10)/t11-,13-;/m1./s1. The minimum Gasteiger partial charge on any atom is -0.445 e. The number of carbonyl (C=O) groups excluding carboxylic acids is 1. The first kappa shape index (κ1) is 21.6. The summed E-state index contributed by atoms with van der Waals surface area (Å²) in [7, 11) is 0. The van der Waals surface area contributed by atoms with Crippen LogP contribution in [0, 0.1) is 0 Å². The molecule has 0 fully saturated rings. The molecule has 3 aromatic rings. The summed E-state index contributed by atoms with van der Waals surface area (Å²) in [6, 6.07) is 15.3. The van der Waals surface area contributed by atoms with Crippen molar-refractivity contribution < 1.29 is 14.6 Å².